The van der Waals surface area contributed by atoms with Crippen LogP contribution in [0, 0.1) is 25.7 Å². The molecule has 0 radical (unpaired) electrons. The first-order chi connectivity index (χ1) is 21.4. The van der Waals surface area contributed by atoms with Crippen LogP contribution in [0.3, 0.4) is 0 Å². The van der Waals surface area contributed by atoms with Crippen molar-refractivity contribution in [3.63, 3.8) is 0 Å². The zero-order valence-corrected chi connectivity index (χ0v) is 25.4. The minimum atomic E-state index is -0.205. The molecule has 7 nitrogen and oxygen atoms in total. The van der Waals surface area contributed by atoms with E-state index in [1.165, 1.54) is 49.7 Å². The number of aromatic nitrogens is 2. The van der Waals surface area contributed by atoms with Gasteiger partial charge in [0.05, 0.1) is 11.4 Å². The number of anilines is 1. The highest BCUT2D eigenvalue weighted by molar-refractivity contribution is 6.09. The minimum Gasteiger partial charge on any atom is -0.489 e. The third kappa shape index (κ3) is 6.83. The SMILES string of the molecule is C=C1C=CC(c2ccc(N3CC4CCCC4C3)c(C)c2)=NN1.Cc1cc(-c2ccc(=O)[nH]n2)ccc1OCc1ccccc1. The second-order valence-electron chi connectivity index (χ2n) is 11.9. The average molecular weight is 586 g/mol. The van der Waals surface area contributed by atoms with E-state index in [4.69, 9.17) is 4.74 Å². The first-order valence-corrected chi connectivity index (χ1v) is 15.3. The molecule has 2 unspecified atom stereocenters. The summed E-state index contributed by atoms with van der Waals surface area (Å²) in [6.07, 6.45) is 8.28. The zero-order valence-electron chi connectivity index (χ0n) is 25.4. The fourth-order valence-corrected chi connectivity index (χ4v) is 6.36. The maximum atomic E-state index is 11.1. The lowest BCUT2D eigenvalue weighted by Gasteiger charge is -2.22. The first kappa shape index (κ1) is 29.2. The van der Waals surface area contributed by atoms with Gasteiger partial charge in [0.2, 0.25) is 0 Å². The highest BCUT2D eigenvalue weighted by atomic mass is 16.5. The highest BCUT2D eigenvalue weighted by Crippen LogP contribution is 2.40. The summed E-state index contributed by atoms with van der Waals surface area (Å²) in [5.41, 5.74) is 12.3. The topological polar surface area (TPSA) is 82.6 Å². The molecule has 2 N–H and O–H groups in total. The second kappa shape index (κ2) is 13.2. The summed E-state index contributed by atoms with van der Waals surface area (Å²) in [4.78, 5) is 13.6. The molecule has 3 aromatic carbocycles. The summed E-state index contributed by atoms with van der Waals surface area (Å²) in [5.74, 6) is 2.71. The van der Waals surface area contributed by atoms with E-state index in [-0.39, 0.29) is 5.56 Å². The molecule has 7 heteroatoms. The fraction of sp³-hybridized carbons (Fsp3) is 0.270. The molecule has 2 fully saturated rings. The molecule has 0 spiro atoms. The number of rotatable bonds is 6. The summed E-state index contributed by atoms with van der Waals surface area (Å²) in [5, 5.41) is 10.8. The quantitative estimate of drug-likeness (QED) is 0.256. The molecule has 1 saturated heterocycles. The largest absolute Gasteiger partial charge is 0.489 e. The van der Waals surface area contributed by atoms with Gasteiger partial charge in [0, 0.05) is 41.7 Å². The maximum absolute atomic E-state index is 11.1. The van der Waals surface area contributed by atoms with Crippen molar-refractivity contribution in [1.82, 2.24) is 15.6 Å². The molecule has 1 aromatic heterocycles. The predicted octanol–water partition coefficient (Wildman–Crippen LogP) is 6.93. The molecular weight excluding hydrogens is 546 g/mol. The average Bonchev–Trinajstić information content (AvgIpc) is 3.65. The molecule has 3 heterocycles. The van der Waals surface area contributed by atoms with Crippen LogP contribution in [0.25, 0.3) is 11.3 Å². The van der Waals surface area contributed by atoms with Crippen molar-refractivity contribution in [3.05, 3.63) is 136 Å². The fourth-order valence-electron chi connectivity index (χ4n) is 6.36. The van der Waals surface area contributed by atoms with Crippen LogP contribution < -0.4 is 20.6 Å². The van der Waals surface area contributed by atoms with Gasteiger partial charge in [0.15, 0.2) is 0 Å². The Kier molecular flexibility index (Phi) is 8.73. The van der Waals surface area contributed by atoms with Gasteiger partial charge in [-0.15, -0.1) is 0 Å². The lowest BCUT2D eigenvalue weighted by atomic mass is 10.0. The van der Waals surface area contributed by atoms with E-state index < -0.39 is 0 Å². The molecule has 0 bridgehead atoms. The Morgan fingerprint density at radius 2 is 1.64 bits per heavy atom. The van der Waals surface area contributed by atoms with E-state index in [9.17, 15) is 4.79 Å². The van der Waals surface area contributed by atoms with E-state index in [1.807, 2.05) is 67.6 Å². The van der Waals surface area contributed by atoms with Gasteiger partial charge < -0.3 is 9.64 Å². The van der Waals surface area contributed by atoms with Crippen LogP contribution in [-0.2, 0) is 6.61 Å². The number of hydrazone groups is 1. The molecule has 44 heavy (non-hydrogen) atoms. The van der Waals surface area contributed by atoms with Crippen molar-refractivity contribution in [3.8, 4) is 17.0 Å². The Bertz CT molecular complexity index is 1730. The summed E-state index contributed by atoms with van der Waals surface area (Å²) >= 11 is 0. The second-order valence-corrected chi connectivity index (χ2v) is 11.9. The molecular formula is C37H39N5O2. The molecule has 0 amide bonds. The van der Waals surface area contributed by atoms with Crippen LogP contribution >= 0.6 is 0 Å². The summed E-state index contributed by atoms with van der Waals surface area (Å²) in [6.45, 7) is 11.1. The predicted molar refractivity (Wildman–Crippen MR) is 178 cm³/mol. The molecule has 7 rings (SSSR count). The standard InChI is InChI=1S/C19H23N3.C18H16N2O2/c1-13-10-15(18-8-6-14(2)20-21-18)7-9-19(13)22-11-16-4-3-5-17(16)12-22;1-13-11-15(16-8-10-18(21)20-19-16)7-9-17(13)22-12-14-5-3-2-4-6-14/h6-10,16-17,20H,2-5,11-12H2,1H3;2-11H,12H2,1H3,(H,20,21). The third-order valence-electron chi connectivity index (χ3n) is 8.71. The van der Waals surface area contributed by atoms with Gasteiger partial charge in [-0.3, -0.25) is 10.2 Å². The Hall–Kier alpha value is -4.91. The number of hydrogen-bond donors (Lipinski definition) is 2. The van der Waals surface area contributed by atoms with Crippen molar-refractivity contribution < 1.29 is 4.74 Å². The molecule has 1 aliphatic carbocycles. The van der Waals surface area contributed by atoms with Gasteiger partial charge in [-0.2, -0.15) is 10.2 Å². The first-order valence-electron chi connectivity index (χ1n) is 15.3. The van der Waals surface area contributed by atoms with Crippen molar-refractivity contribution >= 4 is 11.4 Å². The van der Waals surface area contributed by atoms with Crippen molar-refractivity contribution in [2.24, 2.45) is 16.9 Å². The van der Waals surface area contributed by atoms with Crippen LogP contribution in [0.5, 0.6) is 5.75 Å². The smallest absolute Gasteiger partial charge is 0.264 e. The number of nitrogens with zero attached hydrogens (tertiary/aromatic N) is 3. The van der Waals surface area contributed by atoms with Crippen molar-refractivity contribution in [2.45, 2.75) is 39.7 Å². The Morgan fingerprint density at radius 1 is 0.886 bits per heavy atom. The van der Waals surface area contributed by atoms with Crippen molar-refractivity contribution in [2.75, 3.05) is 18.0 Å². The molecule has 224 valence electrons. The number of ether oxygens (including phenoxy) is 1. The Balaban J connectivity index is 0.000000156. The summed E-state index contributed by atoms with van der Waals surface area (Å²) in [6, 6.07) is 25.8. The number of H-pyrrole nitrogens is 1. The van der Waals surface area contributed by atoms with Crippen LogP contribution in [0.4, 0.5) is 5.69 Å². The third-order valence-corrected chi connectivity index (χ3v) is 8.71. The Morgan fingerprint density at radius 3 is 2.30 bits per heavy atom. The number of benzene rings is 3. The lowest BCUT2D eigenvalue weighted by Crippen LogP contribution is -2.22. The van der Waals surface area contributed by atoms with Crippen LogP contribution in [0.2, 0.25) is 0 Å². The van der Waals surface area contributed by atoms with Gasteiger partial charge in [0.25, 0.3) is 5.56 Å². The van der Waals surface area contributed by atoms with Gasteiger partial charge in [-0.25, -0.2) is 5.10 Å². The molecule has 2 aliphatic heterocycles. The van der Waals surface area contributed by atoms with Crippen LogP contribution in [0.1, 0.15) is 41.5 Å². The molecule has 4 aromatic rings. The molecule has 1 saturated carbocycles. The van der Waals surface area contributed by atoms with E-state index in [0.717, 1.165) is 56.9 Å². The van der Waals surface area contributed by atoms with Gasteiger partial charge in [0.1, 0.15) is 12.4 Å². The summed E-state index contributed by atoms with van der Waals surface area (Å²) < 4.78 is 5.85. The number of aromatic amines is 1. The number of nitrogens with one attached hydrogen (secondary N) is 2. The normalized spacial score (nSPS) is 18.6. The highest BCUT2D eigenvalue weighted by Gasteiger charge is 2.36. The maximum Gasteiger partial charge on any atom is 0.264 e. The lowest BCUT2D eigenvalue weighted by molar-refractivity contribution is 0.304. The number of fused-ring (bicyclic) bond motifs is 1. The van der Waals surface area contributed by atoms with Crippen LogP contribution in [-0.4, -0.2) is 29.0 Å². The number of allylic oxidation sites excluding steroid dienone is 2. The van der Waals surface area contributed by atoms with E-state index in [0.29, 0.717) is 6.61 Å². The van der Waals surface area contributed by atoms with Gasteiger partial charge >= 0.3 is 0 Å². The van der Waals surface area contributed by atoms with Gasteiger partial charge in [-0.05, 0) is 104 Å². The van der Waals surface area contributed by atoms with Crippen molar-refractivity contribution in [1.29, 1.82) is 0 Å². The monoisotopic (exact) mass is 585 g/mol. The minimum absolute atomic E-state index is 0.205. The van der Waals surface area contributed by atoms with E-state index in [2.05, 4.69) is 57.3 Å². The van der Waals surface area contributed by atoms with E-state index >= 15 is 0 Å². The Labute approximate surface area is 259 Å². The van der Waals surface area contributed by atoms with Crippen LogP contribution in [0.15, 0.2) is 113 Å². The van der Waals surface area contributed by atoms with E-state index in [1.54, 1.807) is 6.07 Å². The molecule has 2 atom stereocenters. The molecule has 3 aliphatic rings. The van der Waals surface area contributed by atoms with Gasteiger partial charge in [-0.1, -0.05) is 49.4 Å². The summed E-state index contributed by atoms with van der Waals surface area (Å²) in [7, 11) is 0. The number of aryl methyl sites for hydroxylation is 2. The number of hydrogen-bond acceptors (Lipinski definition) is 6. The zero-order chi connectivity index (χ0) is 30.5.